The van der Waals surface area contributed by atoms with Crippen molar-refractivity contribution in [1.82, 2.24) is 5.32 Å². The molecule has 0 radical (unpaired) electrons. The van der Waals surface area contributed by atoms with E-state index in [0.29, 0.717) is 12.2 Å². The fraction of sp³-hybridized carbons (Fsp3) is 0.417. The van der Waals surface area contributed by atoms with Crippen LogP contribution in [0.25, 0.3) is 0 Å². The Morgan fingerprint density at radius 1 is 1.35 bits per heavy atom. The van der Waals surface area contributed by atoms with Crippen molar-refractivity contribution in [1.29, 1.82) is 0 Å². The summed E-state index contributed by atoms with van der Waals surface area (Å²) in [6.45, 7) is 6.61. The Hall–Kier alpha value is -1.23. The summed E-state index contributed by atoms with van der Waals surface area (Å²) >= 11 is 4.08. The molecular formula is C12H17FN2OS. The van der Waals surface area contributed by atoms with Gasteiger partial charge in [-0.15, -0.1) is 0 Å². The molecule has 1 N–H and O–H groups in total. The van der Waals surface area contributed by atoms with E-state index < -0.39 is 0 Å². The summed E-state index contributed by atoms with van der Waals surface area (Å²) in [7, 11) is 0. The molecule has 1 aromatic rings. The van der Waals surface area contributed by atoms with E-state index in [-0.39, 0.29) is 17.3 Å². The standard InChI is InChI=1S/C12H17FN2OS/c1-12(2,3)8-14-11(16)15(17)10-6-4-9(13)5-7-10/h4-7,17H,8H2,1-3H3,(H,14,16). The SMILES string of the molecule is CC(C)(C)CNC(=O)N(S)c1ccc(F)cc1. The molecule has 17 heavy (non-hydrogen) atoms. The van der Waals surface area contributed by atoms with Crippen LogP contribution in [-0.4, -0.2) is 12.6 Å². The van der Waals surface area contributed by atoms with Gasteiger partial charge in [0.05, 0.1) is 5.69 Å². The van der Waals surface area contributed by atoms with E-state index in [1.807, 2.05) is 20.8 Å². The summed E-state index contributed by atoms with van der Waals surface area (Å²) in [4.78, 5) is 11.7. The normalized spacial score (nSPS) is 11.1. The maximum absolute atomic E-state index is 12.7. The maximum atomic E-state index is 12.7. The van der Waals surface area contributed by atoms with Crippen LogP contribution in [0.3, 0.4) is 0 Å². The summed E-state index contributed by atoms with van der Waals surface area (Å²) in [5.41, 5.74) is 0.536. The van der Waals surface area contributed by atoms with E-state index in [9.17, 15) is 9.18 Å². The average molecular weight is 256 g/mol. The van der Waals surface area contributed by atoms with Gasteiger partial charge in [-0.2, -0.15) is 0 Å². The van der Waals surface area contributed by atoms with Gasteiger partial charge < -0.3 is 5.32 Å². The van der Waals surface area contributed by atoms with Crippen molar-refractivity contribution in [2.75, 3.05) is 10.8 Å². The Morgan fingerprint density at radius 2 is 1.88 bits per heavy atom. The second-order valence-electron chi connectivity index (χ2n) is 5.01. The minimum Gasteiger partial charge on any atom is -0.336 e. The first-order valence-electron chi connectivity index (χ1n) is 5.32. The molecular weight excluding hydrogens is 239 g/mol. The molecule has 0 aliphatic rings. The van der Waals surface area contributed by atoms with Crippen molar-refractivity contribution < 1.29 is 9.18 Å². The van der Waals surface area contributed by atoms with Gasteiger partial charge >= 0.3 is 6.03 Å². The molecule has 0 heterocycles. The molecule has 0 saturated carbocycles. The van der Waals surface area contributed by atoms with E-state index >= 15 is 0 Å². The lowest BCUT2D eigenvalue weighted by Crippen LogP contribution is -2.38. The summed E-state index contributed by atoms with van der Waals surface area (Å²) in [6, 6.07) is 5.25. The smallest absolute Gasteiger partial charge is 0.331 e. The van der Waals surface area contributed by atoms with Gasteiger partial charge in [-0.05, 0) is 29.7 Å². The number of benzene rings is 1. The highest BCUT2D eigenvalue weighted by atomic mass is 32.1. The zero-order valence-corrected chi connectivity index (χ0v) is 11.1. The third-order valence-electron chi connectivity index (χ3n) is 2.03. The first kappa shape index (κ1) is 13.8. The van der Waals surface area contributed by atoms with Crippen LogP contribution in [-0.2, 0) is 0 Å². The molecule has 0 fully saturated rings. The second-order valence-corrected chi connectivity index (χ2v) is 5.41. The number of nitrogens with zero attached hydrogens (tertiary/aromatic N) is 1. The average Bonchev–Trinajstić information content (AvgIpc) is 2.25. The van der Waals surface area contributed by atoms with Gasteiger partial charge in [0.25, 0.3) is 0 Å². The zero-order chi connectivity index (χ0) is 13.1. The minimum atomic E-state index is -0.342. The fourth-order valence-corrected chi connectivity index (χ4v) is 1.32. The monoisotopic (exact) mass is 256 g/mol. The Bertz CT molecular complexity index is 386. The number of halogens is 1. The van der Waals surface area contributed by atoms with Gasteiger partial charge in [0.2, 0.25) is 0 Å². The largest absolute Gasteiger partial charge is 0.336 e. The van der Waals surface area contributed by atoms with Crippen LogP contribution < -0.4 is 9.62 Å². The van der Waals surface area contributed by atoms with Gasteiger partial charge in [0.1, 0.15) is 5.82 Å². The molecule has 5 heteroatoms. The maximum Gasteiger partial charge on any atom is 0.331 e. The molecule has 0 bridgehead atoms. The molecule has 0 aliphatic carbocycles. The van der Waals surface area contributed by atoms with Gasteiger partial charge in [0.15, 0.2) is 0 Å². The molecule has 1 rings (SSSR count). The van der Waals surface area contributed by atoms with Crippen LogP contribution in [0.4, 0.5) is 14.9 Å². The molecule has 2 amide bonds. The molecule has 0 atom stereocenters. The topological polar surface area (TPSA) is 32.3 Å². The second kappa shape index (κ2) is 5.40. The lowest BCUT2D eigenvalue weighted by molar-refractivity contribution is 0.244. The summed E-state index contributed by atoms with van der Waals surface area (Å²) < 4.78 is 13.9. The van der Waals surface area contributed by atoms with Crippen LogP contribution in [0.5, 0.6) is 0 Å². The quantitative estimate of drug-likeness (QED) is 0.782. The van der Waals surface area contributed by atoms with Crippen molar-refractivity contribution in [2.45, 2.75) is 20.8 Å². The Morgan fingerprint density at radius 3 is 2.35 bits per heavy atom. The van der Waals surface area contributed by atoms with Crippen molar-refractivity contribution >= 4 is 24.5 Å². The van der Waals surface area contributed by atoms with E-state index in [1.165, 1.54) is 24.3 Å². The predicted octanol–water partition coefficient (Wildman–Crippen LogP) is 3.23. The highest BCUT2D eigenvalue weighted by Crippen LogP contribution is 2.17. The number of urea groups is 1. The van der Waals surface area contributed by atoms with E-state index in [0.717, 1.165) is 4.31 Å². The van der Waals surface area contributed by atoms with Crippen LogP contribution in [0.2, 0.25) is 0 Å². The van der Waals surface area contributed by atoms with Crippen molar-refractivity contribution in [3.63, 3.8) is 0 Å². The Labute approximate surface area is 107 Å². The van der Waals surface area contributed by atoms with Crippen LogP contribution >= 0.6 is 12.8 Å². The van der Waals surface area contributed by atoms with E-state index in [4.69, 9.17) is 0 Å². The fourth-order valence-electron chi connectivity index (χ4n) is 1.12. The molecule has 0 spiro atoms. The number of hydrogen-bond acceptors (Lipinski definition) is 2. The molecule has 0 aromatic heterocycles. The number of carbonyl (C=O) groups is 1. The molecule has 3 nitrogen and oxygen atoms in total. The first-order chi connectivity index (χ1) is 7.79. The first-order valence-corrected chi connectivity index (χ1v) is 5.72. The van der Waals surface area contributed by atoms with Gasteiger partial charge in [-0.3, -0.25) is 0 Å². The number of anilines is 1. The van der Waals surface area contributed by atoms with Gasteiger partial charge in [-0.1, -0.05) is 33.6 Å². The predicted molar refractivity (Wildman–Crippen MR) is 70.7 cm³/mol. The number of hydrogen-bond donors (Lipinski definition) is 2. The van der Waals surface area contributed by atoms with Gasteiger partial charge in [0, 0.05) is 6.54 Å². The van der Waals surface area contributed by atoms with Crippen molar-refractivity contribution in [3.8, 4) is 0 Å². The molecule has 94 valence electrons. The van der Waals surface area contributed by atoms with Crippen molar-refractivity contribution in [2.24, 2.45) is 5.41 Å². The number of rotatable bonds is 2. The molecule has 0 saturated heterocycles. The molecule has 0 aliphatic heterocycles. The van der Waals surface area contributed by atoms with Crippen LogP contribution in [0.15, 0.2) is 24.3 Å². The number of amides is 2. The Balaban J connectivity index is 2.61. The lowest BCUT2D eigenvalue weighted by Gasteiger charge is -2.22. The number of thiol groups is 1. The van der Waals surface area contributed by atoms with E-state index in [1.54, 1.807) is 0 Å². The zero-order valence-electron chi connectivity index (χ0n) is 10.2. The minimum absolute atomic E-state index is 0.00702. The highest BCUT2D eigenvalue weighted by molar-refractivity contribution is 7.82. The summed E-state index contributed by atoms with van der Waals surface area (Å²) in [6.07, 6.45) is 0. The number of nitrogens with one attached hydrogen (secondary N) is 1. The van der Waals surface area contributed by atoms with Crippen LogP contribution in [0, 0.1) is 11.2 Å². The van der Waals surface area contributed by atoms with E-state index in [2.05, 4.69) is 18.1 Å². The summed E-state index contributed by atoms with van der Waals surface area (Å²) in [5.74, 6) is -0.342. The number of carbonyl (C=O) groups excluding carboxylic acids is 1. The van der Waals surface area contributed by atoms with Crippen LogP contribution in [0.1, 0.15) is 20.8 Å². The third kappa shape index (κ3) is 4.65. The molecule has 1 aromatic carbocycles. The van der Waals surface area contributed by atoms with Crippen molar-refractivity contribution in [3.05, 3.63) is 30.1 Å². The summed E-state index contributed by atoms with van der Waals surface area (Å²) in [5, 5.41) is 2.75. The third-order valence-corrected chi connectivity index (χ3v) is 2.45. The lowest BCUT2D eigenvalue weighted by atomic mass is 9.97. The highest BCUT2D eigenvalue weighted by Gasteiger charge is 2.16. The molecule has 0 unspecified atom stereocenters. The Kier molecular flexibility index (Phi) is 4.40. The van der Waals surface area contributed by atoms with Gasteiger partial charge in [-0.25, -0.2) is 13.5 Å².